The molecular formula is C23H21Cl2N3O3S. The second-order valence-corrected chi connectivity index (χ2v) is 8.56. The van der Waals surface area contributed by atoms with Crippen LogP contribution in [0.5, 0.6) is 0 Å². The number of methoxy groups -OCH3 is 1. The van der Waals surface area contributed by atoms with Crippen LogP contribution in [0.15, 0.2) is 59.1 Å². The van der Waals surface area contributed by atoms with Crippen LogP contribution in [0.3, 0.4) is 0 Å². The van der Waals surface area contributed by atoms with Crippen LogP contribution in [-0.4, -0.2) is 34.6 Å². The van der Waals surface area contributed by atoms with Gasteiger partial charge in [-0.25, -0.2) is 0 Å². The average molecular weight is 490 g/mol. The molecule has 0 aliphatic carbocycles. The predicted octanol–water partition coefficient (Wildman–Crippen LogP) is 5.57. The summed E-state index contributed by atoms with van der Waals surface area (Å²) in [7, 11) is 1.39. The molecule has 1 saturated heterocycles. The van der Waals surface area contributed by atoms with Crippen LogP contribution >= 0.6 is 35.4 Å². The Hall–Kier alpha value is -2.61. The molecule has 0 spiro atoms. The number of esters is 1. The van der Waals surface area contributed by atoms with Crippen molar-refractivity contribution in [1.82, 2.24) is 15.2 Å². The van der Waals surface area contributed by atoms with Crippen molar-refractivity contribution in [3.8, 4) is 11.3 Å². The fourth-order valence-corrected chi connectivity index (χ4v) is 4.63. The molecule has 1 aromatic carbocycles. The Bertz CT molecular complexity index is 1120. The molecule has 9 heteroatoms. The lowest BCUT2D eigenvalue weighted by atomic mass is 10.0. The minimum atomic E-state index is -0.251. The molecule has 1 fully saturated rings. The van der Waals surface area contributed by atoms with Gasteiger partial charge in [0.05, 0.1) is 23.9 Å². The van der Waals surface area contributed by atoms with Gasteiger partial charge in [0, 0.05) is 29.7 Å². The van der Waals surface area contributed by atoms with Gasteiger partial charge in [-0.05, 0) is 61.1 Å². The number of pyridine rings is 1. The van der Waals surface area contributed by atoms with Gasteiger partial charge >= 0.3 is 5.97 Å². The minimum absolute atomic E-state index is 0.207. The van der Waals surface area contributed by atoms with Gasteiger partial charge in [0.2, 0.25) is 0 Å². The van der Waals surface area contributed by atoms with Gasteiger partial charge in [-0.1, -0.05) is 29.3 Å². The lowest BCUT2D eigenvalue weighted by molar-refractivity contribution is -0.140. The van der Waals surface area contributed by atoms with E-state index in [1.165, 1.54) is 7.11 Å². The van der Waals surface area contributed by atoms with E-state index in [1.54, 1.807) is 18.3 Å². The van der Waals surface area contributed by atoms with Gasteiger partial charge < -0.3 is 19.4 Å². The van der Waals surface area contributed by atoms with Crippen LogP contribution in [-0.2, 0) is 9.53 Å². The van der Waals surface area contributed by atoms with Crippen molar-refractivity contribution in [3.05, 3.63) is 76.2 Å². The molecule has 1 N–H and O–H groups in total. The number of thiocarbonyl (C=S) groups is 1. The molecule has 6 nitrogen and oxygen atoms in total. The van der Waals surface area contributed by atoms with Crippen LogP contribution in [0.2, 0.25) is 10.0 Å². The summed E-state index contributed by atoms with van der Waals surface area (Å²) in [5.74, 6) is 1.10. The maximum Gasteiger partial charge on any atom is 0.305 e. The van der Waals surface area contributed by atoms with E-state index >= 15 is 0 Å². The number of nitrogens with one attached hydrogen (secondary N) is 1. The molecule has 4 rings (SSSR count). The maximum atomic E-state index is 11.6. The number of hydrogen-bond acceptors (Lipinski definition) is 5. The Morgan fingerprint density at radius 2 is 2.09 bits per heavy atom. The summed E-state index contributed by atoms with van der Waals surface area (Å²) in [6.45, 7) is 0.562. The first-order valence-electron chi connectivity index (χ1n) is 10.1. The molecule has 0 radical (unpaired) electrons. The molecule has 32 heavy (non-hydrogen) atoms. The van der Waals surface area contributed by atoms with Gasteiger partial charge in [-0.15, -0.1) is 0 Å². The second-order valence-electron chi connectivity index (χ2n) is 7.33. The Morgan fingerprint density at radius 1 is 1.25 bits per heavy atom. The summed E-state index contributed by atoms with van der Waals surface area (Å²) in [4.78, 5) is 18.1. The van der Waals surface area contributed by atoms with Crippen molar-refractivity contribution in [1.29, 1.82) is 0 Å². The van der Waals surface area contributed by atoms with Gasteiger partial charge in [0.15, 0.2) is 5.11 Å². The maximum absolute atomic E-state index is 11.6. The number of rotatable bonds is 7. The van der Waals surface area contributed by atoms with Gasteiger partial charge in [0.25, 0.3) is 0 Å². The standard InChI is InChI=1S/C23H21Cl2N3O3S/c1-30-20(29)6-4-12-28-22(21(27-23(28)32)17-5-2-3-11-26-17)19-10-9-18(31-19)15-8-7-14(24)13-16(15)25/h2-3,5,7-11,13,21-22H,4,6,12H2,1H3,(H,27,32)/t21-,22+/m0/s1. The van der Waals surface area contributed by atoms with Gasteiger partial charge in [0.1, 0.15) is 17.6 Å². The van der Waals surface area contributed by atoms with Crippen LogP contribution in [0.25, 0.3) is 11.3 Å². The summed E-state index contributed by atoms with van der Waals surface area (Å²) in [6.07, 6.45) is 2.65. The van der Waals surface area contributed by atoms with E-state index in [4.69, 9.17) is 44.6 Å². The molecule has 0 unspecified atom stereocenters. The van der Waals surface area contributed by atoms with E-state index in [0.29, 0.717) is 46.1 Å². The summed E-state index contributed by atoms with van der Waals surface area (Å²) >= 11 is 18.0. The quantitative estimate of drug-likeness (QED) is 0.343. The van der Waals surface area contributed by atoms with E-state index < -0.39 is 0 Å². The van der Waals surface area contributed by atoms with Crippen molar-refractivity contribution >= 4 is 46.5 Å². The average Bonchev–Trinajstić information content (AvgIpc) is 3.39. The number of aromatic nitrogens is 1. The van der Waals surface area contributed by atoms with Crippen molar-refractivity contribution in [3.63, 3.8) is 0 Å². The first kappa shape index (κ1) is 22.6. The first-order chi connectivity index (χ1) is 15.5. The molecule has 0 bridgehead atoms. The third-order valence-electron chi connectivity index (χ3n) is 5.32. The zero-order valence-electron chi connectivity index (χ0n) is 17.3. The highest BCUT2D eigenvalue weighted by atomic mass is 35.5. The normalized spacial score (nSPS) is 18.0. The third-order valence-corrected chi connectivity index (χ3v) is 6.22. The number of nitrogens with zero attached hydrogens (tertiary/aromatic N) is 2. The number of ether oxygens (including phenoxy) is 1. The van der Waals surface area contributed by atoms with E-state index in [9.17, 15) is 4.79 Å². The predicted molar refractivity (Wildman–Crippen MR) is 128 cm³/mol. The molecule has 0 saturated carbocycles. The first-order valence-corrected chi connectivity index (χ1v) is 11.2. The lowest BCUT2D eigenvalue weighted by Gasteiger charge is -2.25. The molecule has 0 amide bonds. The van der Waals surface area contributed by atoms with Crippen LogP contribution in [0, 0.1) is 0 Å². The summed E-state index contributed by atoms with van der Waals surface area (Å²) in [6, 6.07) is 14.4. The number of benzene rings is 1. The molecule has 3 aromatic rings. The summed E-state index contributed by atoms with van der Waals surface area (Å²) in [5.41, 5.74) is 1.60. The molecule has 3 heterocycles. The minimum Gasteiger partial charge on any atom is -0.469 e. The van der Waals surface area contributed by atoms with Gasteiger partial charge in [-0.2, -0.15) is 0 Å². The molecule has 1 aliphatic rings. The molecular weight excluding hydrogens is 469 g/mol. The highest BCUT2D eigenvalue weighted by molar-refractivity contribution is 7.80. The van der Waals surface area contributed by atoms with Crippen molar-refractivity contribution < 1.29 is 13.9 Å². The van der Waals surface area contributed by atoms with E-state index in [-0.39, 0.29) is 18.1 Å². The highest BCUT2D eigenvalue weighted by Crippen LogP contribution is 2.41. The number of hydrogen-bond donors (Lipinski definition) is 1. The Kier molecular flexibility index (Phi) is 6.98. The van der Waals surface area contributed by atoms with E-state index in [0.717, 1.165) is 11.3 Å². The lowest BCUT2D eigenvalue weighted by Crippen LogP contribution is -2.30. The zero-order chi connectivity index (χ0) is 22.7. The van der Waals surface area contributed by atoms with Crippen LogP contribution in [0.4, 0.5) is 0 Å². The largest absolute Gasteiger partial charge is 0.469 e. The summed E-state index contributed by atoms with van der Waals surface area (Å²) < 4.78 is 11.0. The fraction of sp³-hybridized carbons (Fsp3) is 0.261. The molecule has 1 aliphatic heterocycles. The topological polar surface area (TPSA) is 67.6 Å². The van der Waals surface area contributed by atoms with Crippen LogP contribution < -0.4 is 5.32 Å². The Labute approximate surface area is 201 Å². The number of halogens is 2. The van der Waals surface area contributed by atoms with Crippen LogP contribution in [0.1, 0.15) is 36.4 Å². The number of carbonyl (C=O) groups is 1. The Morgan fingerprint density at radius 3 is 2.81 bits per heavy atom. The zero-order valence-corrected chi connectivity index (χ0v) is 19.6. The second kappa shape index (κ2) is 9.90. The highest BCUT2D eigenvalue weighted by Gasteiger charge is 2.41. The van der Waals surface area contributed by atoms with Crippen molar-refractivity contribution in [2.24, 2.45) is 0 Å². The van der Waals surface area contributed by atoms with E-state index in [1.807, 2.05) is 41.3 Å². The number of furan rings is 1. The van der Waals surface area contributed by atoms with Gasteiger partial charge in [-0.3, -0.25) is 9.78 Å². The monoisotopic (exact) mass is 489 g/mol. The summed E-state index contributed by atoms with van der Waals surface area (Å²) in [5, 5.41) is 5.01. The third kappa shape index (κ3) is 4.75. The molecule has 2 atom stereocenters. The SMILES string of the molecule is COC(=O)CCCN1C(=S)N[C@@H](c2ccccn2)[C@H]1c1ccc(-c2ccc(Cl)cc2Cl)o1. The Balaban J connectivity index is 1.66. The molecule has 166 valence electrons. The van der Waals surface area contributed by atoms with E-state index in [2.05, 4.69) is 10.3 Å². The number of carbonyl (C=O) groups excluding carboxylic acids is 1. The molecule has 2 aromatic heterocycles. The smallest absolute Gasteiger partial charge is 0.305 e. The fourth-order valence-electron chi connectivity index (χ4n) is 3.80. The van der Waals surface area contributed by atoms with Crippen molar-refractivity contribution in [2.45, 2.75) is 24.9 Å². The van der Waals surface area contributed by atoms with Crippen molar-refractivity contribution in [2.75, 3.05) is 13.7 Å².